The second-order valence-corrected chi connectivity index (χ2v) is 8.30. The molecule has 1 aliphatic carbocycles. The van der Waals surface area contributed by atoms with Crippen molar-refractivity contribution in [2.45, 2.75) is 92.1 Å². The largest absolute Gasteiger partial charge is 0.394 e. The molecule has 0 spiro atoms. The molecule has 2 heterocycles. The van der Waals surface area contributed by atoms with Crippen molar-refractivity contribution in [3.05, 3.63) is 0 Å². The SMILES string of the molecule is NC[C@H]1O[C@@H](O[C@@H]2[C@H](O[C@H]3O[C@@H](CO)[C@@H](O)[C@H]3O)[C@H](O)[C@H](N)C[C@@H]2N)[C@@H](N)[C@@H](O)[C@H]1O. The molecule has 31 heavy (non-hydrogen) atoms. The number of aliphatic hydroxyl groups is 6. The van der Waals surface area contributed by atoms with Gasteiger partial charge in [0.25, 0.3) is 0 Å². The van der Waals surface area contributed by atoms with Gasteiger partial charge in [-0.15, -0.1) is 0 Å². The first-order valence-corrected chi connectivity index (χ1v) is 10.2. The van der Waals surface area contributed by atoms with Crippen LogP contribution < -0.4 is 22.9 Å². The Morgan fingerprint density at radius 1 is 0.710 bits per heavy atom. The lowest BCUT2D eigenvalue weighted by Gasteiger charge is -2.47. The van der Waals surface area contributed by atoms with E-state index in [2.05, 4.69) is 0 Å². The number of ether oxygens (including phenoxy) is 4. The summed E-state index contributed by atoms with van der Waals surface area (Å²) in [5.74, 6) is 0. The highest BCUT2D eigenvalue weighted by Crippen LogP contribution is 2.31. The van der Waals surface area contributed by atoms with Crippen molar-refractivity contribution in [1.82, 2.24) is 0 Å². The van der Waals surface area contributed by atoms with E-state index in [1.54, 1.807) is 0 Å². The first-order valence-electron chi connectivity index (χ1n) is 10.2. The fourth-order valence-corrected chi connectivity index (χ4v) is 4.16. The summed E-state index contributed by atoms with van der Waals surface area (Å²) < 4.78 is 22.5. The third-order valence-corrected chi connectivity index (χ3v) is 6.13. The van der Waals surface area contributed by atoms with E-state index in [9.17, 15) is 30.6 Å². The van der Waals surface area contributed by atoms with E-state index in [4.69, 9.17) is 41.9 Å². The Labute approximate surface area is 178 Å². The number of hydrogen-bond acceptors (Lipinski definition) is 14. The Morgan fingerprint density at radius 3 is 1.87 bits per heavy atom. The number of nitrogens with two attached hydrogens (primary N) is 4. The molecular weight excluding hydrogens is 420 g/mol. The summed E-state index contributed by atoms with van der Waals surface area (Å²) in [5.41, 5.74) is 23.6. The number of hydrogen-bond donors (Lipinski definition) is 10. The van der Waals surface area contributed by atoms with E-state index >= 15 is 0 Å². The third kappa shape index (κ3) is 4.87. The predicted octanol–water partition coefficient (Wildman–Crippen LogP) is -6.65. The standard InChI is InChI=1S/C17H34N4O10/c18-2-6-10(24)12(26)8(21)16(28-6)30-14-5(20)1-4(19)9(23)15(14)31-17-13(27)11(25)7(3-22)29-17/h4-17,22-27H,1-3,18-21H2/t4-,5+,6-,7+,8+,9-,10+,11-,12-,13-,14+,15-,16+,17-/m1/s1. The molecule has 14 heteroatoms. The zero-order valence-electron chi connectivity index (χ0n) is 16.8. The Hall–Kier alpha value is -0.560. The Bertz CT molecular complexity index is 591. The highest BCUT2D eigenvalue weighted by Gasteiger charge is 2.52. The lowest BCUT2D eigenvalue weighted by molar-refractivity contribution is -0.306. The third-order valence-electron chi connectivity index (χ3n) is 6.13. The molecule has 14 N–H and O–H groups in total. The van der Waals surface area contributed by atoms with Gasteiger partial charge in [-0.1, -0.05) is 0 Å². The molecule has 0 aromatic carbocycles. The molecule has 1 saturated carbocycles. The summed E-state index contributed by atoms with van der Waals surface area (Å²) in [6, 6.07) is -2.72. The van der Waals surface area contributed by atoms with Gasteiger partial charge in [-0.2, -0.15) is 0 Å². The molecule has 0 aromatic rings. The van der Waals surface area contributed by atoms with Crippen LogP contribution >= 0.6 is 0 Å². The van der Waals surface area contributed by atoms with E-state index in [0.29, 0.717) is 0 Å². The number of aliphatic hydroxyl groups excluding tert-OH is 6. The van der Waals surface area contributed by atoms with Crippen LogP contribution in [0.25, 0.3) is 0 Å². The van der Waals surface area contributed by atoms with Crippen LogP contribution in [0, 0.1) is 0 Å². The number of rotatable bonds is 6. The van der Waals surface area contributed by atoms with Crippen molar-refractivity contribution in [3.8, 4) is 0 Å². The molecule has 3 rings (SSSR count). The highest BCUT2D eigenvalue weighted by molar-refractivity contribution is 5.01. The smallest absolute Gasteiger partial charge is 0.187 e. The summed E-state index contributed by atoms with van der Waals surface area (Å²) in [4.78, 5) is 0. The summed E-state index contributed by atoms with van der Waals surface area (Å²) in [6.07, 6.45) is -13.8. The van der Waals surface area contributed by atoms with Gasteiger partial charge in [0.15, 0.2) is 12.6 Å². The van der Waals surface area contributed by atoms with Crippen molar-refractivity contribution >= 4 is 0 Å². The van der Waals surface area contributed by atoms with E-state index in [1.165, 1.54) is 0 Å². The van der Waals surface area contributed by atoms with Gasteiger partial charge >= 0.3 is 0 Å². The summed E-state index contributed by atoms with van der Waals surface area (Å²) in [5, 5.41) is 60.2. The van der Waals surface area contributed by atoms with Crippen LogP contribution in [0.5, 0.6) is 0 Å². The van der Waals surface area contributed by atoms with Crippen molar-refractivity contribution in [2.24, 2.45) is 22.9 Å². The van der Waals surface area contributed by atoms with Gasteiger partial charge < -0.3 is 72.5 Å². The molecule has 0 radical (unpaired) electrons. The fourth-order valence-electron chi connectivity index (χ4n) is 4.16. The zero-order valence-corrected chi connectivity index (χ0v) is 16.8. The van der Waals surface area contributed by atoms with Crippen molar-refractivity contribution < 1.29 is 49.6 Å². The molecule has 3 fully saturated rings. The molecule has 3 aliphatic rings. The van der Waals surface area contributed by atoms with Crippen LogP contribution in [0.1, 0.15) is 6.42 Å². The fraction of sp³-hybridized carbons (Fsp3) is 1.00. The van der Waals surface area contributed by atoms with Gasteiger partial charge in [-0.3, -0.25) is 0 Å². The van der Waals surface area contributed by atoms with Gasteiger partial charge in [0, 0.05) is 18.6 Å². The van der Waals surface area contributed by atoms with Gasteiger partial charge in [-0.25, -0.2) is 0 Å². The normalized spacial score (nSPS) is 53.6. The minimum atomic E-state index is -1.51. The maximum absolute atomic E-state index is 10.6. The quantitative estimate of drug-likeness (QED) is 0.179. The molecule has 2 saturated heterocycles. The maximum Gasteiger partial charge on any atom is 0.187 e. The predicted molar refractivity (Wildman–Crippen MR) is 102 cm³/mol. The van der Waals surface area contributed by atoms with Crippen molar-refractivity contribution in [3.63, 3.8) is 0 Å². The van der Waals surface area contributed by atoms with E-state index < -0.39 is 92.2 Å². The van der Waals surface area contributed by atoms with Gasteiger partial charge in [0.1, 0.15) is 48.8 Å². The van der Waals surface area contributed by atoms with Crippen LogP contribution in [0.2, 0.25) is 0 Å². The van der Waals surface area contributed by atoms with Crippen molar-refractivity contribution in [2.75, 3.05) is 13.2 Å². The van der Waals surface area contributed by atoms with E-state index in [-0.39, 0.29) is 13.0 Å². The Balaban J connectivity index is 1.78. The highest BCUT2D eigenvalue weighted by atomic mass is 16.7. The van der Waals surface area contributed by atoms with Crippen LogP contribution in [0.15, 0.2) is 0 Å². The van der Waals surface area contributed by atoms with Crippen LogP contribution in [0.4, 0.5) is 0 Å². The molecule has 14 nitrogen and oxygen atoms in total. The molecule has 0 unspecified atom stereocenters. The summed E-state index contributed by atoms with van der Waals surface area (Å²) in [7, 11) is 0. The lowest BCUT2D eigenvalue weighted by Crippen LogP contribution is -2.68. The monoisotopic (exact) mass is 454 g/mol. The topological polar surface area (TPSA) is 262 Å². The lowest BCUT2D eigenvalue weighted by atomic mass is 9.84. The minimum Gasteiger partial charge on any atom is -0.394 e. The molecule has 2 aliphatic heterocycles. The molecule has 0 amide bonds. The Kier molecular flexibility index (Phi) is 8.21. The van der Waals surface area contributed by atoms with Gasteiger partial charge in [0.2, 0.25) is 0 Å². The van der Waals surface area contributed by atoms with E-state index in [0.717, 1.165) is 0 Å². The molecule has 182 valence electrons. The Morgan fingerprint density at radius 2 is 1.29 bits per heavy atom. The zero-order chi connectivity index (χ0) is 23.0. The maximum atomic E-state index is 10.6. The van der Waals surface area contributed by atoms with Crippen LogP contribution in [0.3, 0.4) is 0 Å². The van der Waals surface area contributed by atoms with E-state index in [1.807, 2.05) is 0 Å². The van der Waals surface area contributed by atoms with Gasteiger partial charge in [-0.05, 0) is 6.42 Å². The first-order chi connectivity index (χ1) is 14.6. The molecule has 0 bridgehead atoms. The van der Waals surface area contributed by atoms with Crippen LogP contribution in [-0.4, -0.2) is 129 Å². The average molecular weight is 454 g/mol. The van der Waals surface area contributed by atoms with Gasteiger partial charge in [0.05, 0.1) is 18.8 Å². The minimum absolute atomic E-state index is 0.114. The van der Waals surface area contributed by atoms with Crippen LogP contribution in [-0.2, 0) is 18.9 Å². The summed E-state index contributed by atoms with van der Waals surface area (Å²) in [6.45, 7) is -0.673. The average Bonchev–Trinajstić information content (AvgIpc) is 3.02. The summed E-state index contributed by atoms with van der Waals surface area (Å²) >= 11 is 0. The first kappa shape index (κ1) is 25.1. The second kappa shape index (κ2) is 10.1. The molecular formula is C17H34N4O10. The molecule has 14 atom stereocenters. The van der Waals surface area contributed by atoms with Crippen molar-refractivity contribution in [1.29, 1.82) is 0 Å². The second-order valence-electron chi connectivity index (χ2n) is 8.30. The molecule has 0 aromatic heterocycles.